The minimum absolute atomic E-state index is 0.150. The molecule has 0 atom stereocenters. The average Bonchev–Trinajstić information content (AvgIpc) is 2.79. The second kappa shape index (κ2) is 7.61. The van der Waals surface area contributed by atoms with Crippen molar-refractivity contribution in [2.24, 2.45) is 0 Å². The lowest BCUT2D eigenvalue weighted by atomic mass is 10.3. The van der Waals surface area contributed by atoms with Gasteiger partial charge in [0, 0.05) is 11.4 Å². The van der Waals surface area contributed by atoms with E-state index in [0.717, 1.165) is 3.79 Å². The molecule has 112 valence electrons. The first kappa shape index (κ1) is 16.8. The van der Waals surface area contributed by atoms with Crippen LogP contribution in [0.5, 0.6) is 0 Å². The smallest absolute Gasteiger partial charge is 0.238 e. The quantitative estimate of drug-likeness (QED) is 0.765. The third-order valence-corrected chi connectivity index (χ3v) is 4.93. The molecule has 2 aromatic rings. The van der Waals surface area contributed by atoms with Crippen LogP contribution in [-0.2, 0) is 11.3 Å². The molecule has 0 fully saturated rings. The van der Waals surface area contributed by atoms with Crippen LogP contribution >= 0.6 is 50.5 Å². The van der Waals surface area contributed by atoms with Gasteiger partial charge in [0.15, 0.2) is 0 Å². The summed E-state index contributed by atoms with van der Waals surface area (Å²) >= 11 is 17.1. The van der Waals surface area contributed by atoms with Gasteiger partial charge in [-0.3, -0.25) is 9.69 Å². The van der Waals surface area contributed by atoms with Gasteiger partial charge in [0.1, 0.15) is 0 Å². The van der Waals surface area contributed by atoms with Crippen LogP contribution in [0.25, 0.3) is 0 Å². The van der Waals surface area contributed by atoms with Crippen LogP contribution in [-0.4, -0.2) is 24.4 Å². The summed E-state index contributed by atoms with van der Waals surface area (Å²) in [5, 5.41) is 3.61. The lowest BCUT2D eigenvalue weighted by molar-refractivity contribution is -0.117. The molecule has 1 amide bonds. The topological polar surface area (TPSA) is 32.3 Å². The Bertz CT molecular complexity index is 627. The lowest BCUT2D eigenvalue weighted by Gasteiger charge is -2.16. The first-order valence-corrected chi connectivity index (χ1v) is 8.49. The van der Waals surface area contributed by atoms with E-state index in [1.807, 2.05) is 24.1 Å². The highest BCUT2D eigenvalue weighted by Crippen LogP contribution is 2.29. The summed E-state index contributed by atoms with van der Waals surface area (Å²) in [6.45, 7) is 0.969. The molecule has 0 aliphatic rings. The van der Waals surface area contributed by atoms with E-state index >= 15 is 0 Å². The van der Waals surface area contributed by atoms with E-state index < -0.39 is 0 Å². The molecular weight excluding hydrogens is 395 g/mol. The Morgan fingerprint density at radius 2 is 1.95 bits per heavy atom. The number of carbonyl (C=O) groups excluding carboxylic acids is 1. The summed E-state index contributed by atoms with van der Waals surface area (Å²) in [5.41, 5.74) is 0.457. The summed E-state index contributed by atoms with van der Waals surface area (Å²) in [6.07, 6.45) is 0. The molecule has 1 heterocycles. The molecule has 3 nitrogen and oxygen atoms in total. The number of hydrogen-bond donors (Lipinski definition) is 1. The van der Waals surface area contributed by atoms with Crippen LogP contribution in [0.3, 0.4) is 0 Å². The number of benzene rings is 1. The maximum Gasteiger partial charge on any atom is 0.238 e. The van der Waals surface area contributed by atoms with E-state index in [2.05, 4.69) is 21.2 Å². The Morgan fingerprint density at radius 1 is 1.29 bits per heavy atom. The molecule has 7 heteroatoms. The Kier molecular flexibility index (Phi) is 6.08. The van der Waals surface area contributed by atoms with Gasteiger partial charge in [-0.25, -0.2) is 0 Å². The number of hydrogen-bond acceptors (Lipinski definition) is 3. The van der Waals surface area contributed by atoms with E-state index in [-0.39, 0.29) is 12.5 Å². The molecule has 0 aliphatic carbocycles. The number of nitrogens with one attached hydrogen (secondary N) is 1. The molecule has 21 heavy (non-hydrogen) atoms. The van der Waals surface area contributed by atoms with Gasteiger partial charge in [0.25, 0.3) is 0 Å². The zero-order valence-corrected chi connectivity index (χ0v) is 15.1. The van der Waals surface area contributed by atoms with Crippen molar-refractivity contribution in [1.82, 2.24) is 4.90 Å². The van der Waals surface area contributed by atoms with Crippen LogP contribution in [0.4, 0.5) is 5.69 Å². The van der Waals surface area contributed by atoms with Crippen molar-refractivity contribution in [2.75, 3.05) is 18.9 Å². The zero-order chi connectivity index (χ0) is 15.4. The minimum atomic E-state index is -0.150. The van der Waals surface area contributed by atoms with E-state index in [4.69, 9.17) is 23.2 Å². The summed E-state index contributed by atoms with van der Waals surface area (Å²) in [5.74, 6) is -0.150. The van der Waals surface area contributed by atoms with Crippen LogP contribution < -0.4 is 5.32 Å². The third-order valence-electron chi connectivity index (χ3n) is 2.70. The van der Waals surface area contributed by atoms with E-state index in [0.29, 0.717) is 22.3 Å². The Morgan fingerprint density at radius 3 is 2.52 bits per heavy atom. The number of carbonyl (C=O) groups is 1. The van der Waals surface area contributed by atoms with Crippen LogP contribution in [0.2, 0.25) is 10.0 Å². The molecule has 1 aromatic heterocycles. The fourth-order valence-corrected chi connectivity index (χ4v) is 3.86. The van der Waals surface area contributed by atoms with Gasteiger partial charge in [0.05, 0.1) is 26.1 Å². The number of thiophene rings is 1. The van der Waals surface area contributed by atoms with Gasteiger partial charge in [-0.05, 0) is 47.2 Å². The predicted molar refractivity (Wildman–Crippen MR) is 93.4 cm³/mol. The molecular formula is C14H13BrCl2N2OS. The number of amides is 1. The van der Waals surface area contributed by atoms with Crippen molar-refractivity contribution in [1.29, 1.82) is 0 Å². The fourth-order valence-electron chi connectivity index (χ4n) is 1.80. The van der Waals surface area contributed by atoms with Gasteiger partial charge in [-0.2, -0.15) is 0 Å². The van der Waals surface area contributed by atoms with Crippen molar-refractivity contribution in [3.05, 3.63) is 49.0 Å². The standard InChI is InChI=1S/C14H13BrCl2N2OS/c1-19(7-9-5-6-12(15)21-9)8-13(20)18-14-10(16)3-2-4-11(14)17/h2-6H,7-8H2,1H3,(H,18,20). The van der Waals surface area contributed by atoms with Crippen molar-refractivity contribution in [2.45, 2.75) is 6.54 Å². The first-order valence-electron chi connectivity index (χ1n) is 6.12. The van der Waals surface area contributed by atoms with Gasteiger partial charge in [-0.15, -0.1) is 11.3 Å². The van der Waals surface area contributed by atoms with E-state index in [9.17, 15) is 4.79 Å². The third kappa shape index (κ3) is 4.97. The molecule has 0 saturated carbocycles. The highest BCUT2D eigenvalue weighted by Gasteiger charge is 2.12. The van der Waals surface area contributed by atoms with Crippen molar-refractivity contribution in [3.63, 3.8) is 0 Å². The normalized spacial score (nSPS) is 10.9. The number of nitrogens with zero attached hydrogens (tertiary/aromatic N) is 1. The maximum absolute atomic E-state index is 12.0. The number of likely N-dealkylation sites (N-methyl/N-ethyl adjacent to an activating group) is 1. The SMILES string of the molecule is CN(CC(=O)Nc1c(Cl)cccc1Cl)Cc1ccc(Br)s1. The molecule has 2 rings (SSSR count). The molecule has 0 saturated heterocycles. The molecule has 0 aliphatic heterocycles. The van der Waals surface area contributed by atoms with Gasteiger partial charge >= 0.3 is 0 Å². The lowest BCUT2D eigenvalue weighted by Crippen LogP contribution is -2.29. The van der Waals surface area contributed by atoms with Crippen molar-refractivity contribution < 1.29 is 4.79 Å². The maximum atomic E-state index is 12.0. The van der Waals surface area contributed by atoms with Crippen molar-refractivity contribution in [3.8, 4) is 0 Å². The molecule has 0 bridgehead atoms. The van der Waals surface area contributed by atoms with E-state index in [1.54, 1.807) is 29.5 Å². The number of rotatable bonds is 5. The Hall–Kier alpha value is -0.590. The number of halogens is 3. The molecule has 0 unspecified atom stereocenters. The van der Waals surface area contributed by atoms with Gasteiger partial charge in [-0.1, -0.05) is 29.3 Å². The first-order chi connectivity index (χ1) is 9.95. The van der Waals surface area contributed by atoms with Crippen molar-refractivity contribution >= 4 is 62.1 Å². The average molecular weight is 408 g/mol. The van der Waals surface area contributed by atoms with Crippen LogP contribution in [0.1, 0.15) is 4.88 Å². The summed E-state index contributed by atoms with van der Waals surface area (Å²) in [4.78, 5) is 15.2. The highest BCUT2D eigenvalue weighted by atomic mass is 79.9. The highest BCUT2D eigenvalue weighted by molar-refractivity contribution is 9.11. The molecule has 1 N–H and O–H groups in total. The fraction of sp³-hybridized carbons (Fsp3) is 0.214. The second-order valence-electron chi connectivity index (χ2n) is 4.52. The summed E-state index contributed by atoms with van der Waals surface area (Å²) in [7, 11) is 1.89. The molecule has 1 aromatic carbocycles. The molecule has 0 spiro atoms. The van der Waals surface area contributed by atoms with Gasteiger partial charge < -0.3 is 5.32 Å². The molecule has 0 radical (unpaired) electrons. The number of para-hydroxylation sites is 1. The number of anilines is 1. The van der Waals surface area contributed by atoms with Gasteiger partial charge in [0.2, 0.25) is 5.91 Å². The van der Waals surface area contributed by atoms with E-state index in [1.165, 1.54) is 4.88 Å². The van der Waals surface area contributed by atoms with Crippen LogP contribution in [0.15, 0.2) is 34.1 Å². The minimum Gasteiger partial charge on any atom is -0.322 e. The summed E-state index contributed by atoms with van der Waals surface area (Å²) < 4.78 is 1.08. The second-order valence-corrected chi connectivity index (χ2v) is 7.88. The monoisotopic (exact) mass is 406 g/mol. The summed E-state index contributed by atoms with van der Waals surface area (Å²) in [6, 6.07) is 9.15. The predicted octanol–water partition coefficient (Wildman–Crippen LogP) is 4.89. The largest absolute Gasteiger partial charge is 0.322 e. The Labute approximate surface area is 146 Å². The van der Waals surface area contributed by atoms with Crippen LogP contribution in [0, 0.1) is 0 Å². The zero-order valence-electron chi connectivity index (χ0n) is 11.2. The Balaban J connectivity index is 1.92.